The third-order valence-corrected chi connectivity index (χ3v) is 5.22. The van der Waals surface area contributed by atoms with Crippen molar-refractivity contribution >= 4 is 34.9 Å². The van der Waals surface area contributed by atoms with Crippen molar-refractivity contribution in [1.29, 1.82) is 5.26 Å². The van der Waals surface area contributed by atoms with Crippen LogP contribution in [-0.4, -0.2) is 48.8 Å². The first-order chi connectivity index (χ1) is 15.0. The van der Waals surface area contributed by atoms with Gasteiger partial charge in [0.25, 0.3) is 17.1 Å². The van der Waals surface area contributed by atoms with Crippen LogP contribution in [0, 0.1) is 11.3 Å². The zero-order chi connectivity index (χ0) is 22.2. The molecule has 158 valence electrons. The average molecular weight is 437 g/mol. The summed E-state index contributed by atoms with van der Waals surface area (Å²) in [6.45, 7) is -0.140. The number of imide groups is 1. The van der Waals surface area contributed by atoms with Gasteiger partial charge in [-0.1, -0.05) is 24.3 Å². The van der Waals surface area contributed by atoms with Crippen LogP contribution in [0.15, 0.2) is 53.4 Å². The highest BCUT2D eigenvalue weighted by Crippen LogP contribution is 2.32. The lowest BCUT2D eigenvalue weighted by Gasteiger charge is -2.13. The van der Waals surface area contributed by atoms with E-state index >= 15 is 0 Å². The minimum absolute atomic E-state index is 0.0468. The molecule has 1 N–H and O–H groups in total. The van der Waals surface area contributed by atoms with Crippen molar-refractivity contribution in [2.75, 3.05) is 26.8 Å². The number of ether oxygens (including phenoxy) is 2. The van der Waals surface area contributed by atoms with Gasteiger partial charge in [-0.05, 0) is 47.7 Å². The minimum Gasteiger partial charge on any atom is -0.497 e. The van der Waals surface area contributed by atoms with E-state index in [4.69, 9.17) is 14.7 Å². The summed E-state index contributed by atoms with van der Waals surface area (Å²) in [6, 6.07) is 15.7. The summed E-state index contributed by atoms with van der Waals surface area (Å²) < 4.78 is 10.4. The number of amides is 3. The molecule has 0 unspecified atom stereocenters. The maximum atomic E-state index is 12.5. The Morgan fingerprint density at radius 2 is 1.94 bits per heavy atom. The van der Waals surface area contributed by atoms with Crippen molar-refractivity contribution in [3.05, 3.63) is 64.6 Å². The Bertz CT molecular complexity index is 1060. The lowest BCUT2D eigenvalue weighted by Crippen LogP contribution is -2.38. The number of thioether (sulfide) groups is 1. The summed E-state index contributed by atoms with van der Waals surface area (Å²) in [7, 11) is 1.57. The van der Waals surface area contributed by atoms with Gasteiger partial charge in [0, 0.05) is 13.1 Å². The number of nitriles is 1. The molecule has 0 aliphatic carbocycles. The summed E-state index contributed by atoms with van der Waals surface area (Å²) in [6.07, 6.45) is 1.64. The van der Waals surface area contributed by atoms with E-state index < -0.39 is 17.1 Å². The molecule has 3 rings (SSSR count). The Kier molecular flexibility index (Phi) is 7.30. The number of methoxy groups -OCH3 is 1. The Labute approximate surface area is 183 Å². The highest BCUT2D eigenvalue weighted by atomic mass is 32.2. The molecular weight excluding hydrogens is 418 g/mol. The molecule has 0 atom stereocenters. The first-order valence-electron chi connectivity index (χ1n) is 9.30. The molecule has 0 saturated carbocycles. The second-order valence-electron chi connectivity index (χ2n) is 6.35. The van der Waals surface area contributed by atoms with E-state index in [1.807, 2.05) is 6.07 Å². The van der Waals surface area contributed by atoms with Crippen molar-refractivity contribution < 1.29 is 23.9 Å². The van der Waals surface area contributed by atoms with Crippen molar-refractivity contribution in [2.45, 2.75) is 0 Å². The number of hydrogen-bond acceptors (Lipinski definition) is 7. The third kappa shape index (κ3) is 5.65. The summed E-state index contributed by atoms with van der Waals surface area (Å²) in [5.74, 6) is 0.184. The van der Waals surface area contributed by atoms with E-state index in [9.17, 15) is 14.4 Å². The van der Waals surface area contributed by atoms with Gasteiger partial charge >= 0.3 is 0 Å². The van der Waals surface area contributed by atoms with E-state index in [-0.39, 0.29) is 19.7 Å². The molecule has 31 heavy (non-hydrogen) atoms. The molecule has 1 aliphatic heterocycles. The Balaban J connectivity index is 1.49. The van der Waals surface area contributed by atoms with Crippen molar-refractivity contribution in [2.24, 2.45) is 0 Å². The quantitative estimate of drug-likeness (QED) is 0.633. The monoisotopic (exact) mass is 437 g/mol. The molecule has 1 heterocycles. The lowest BCUT2D eigenvalue weighted by molar-refractivity contribution is -0.125. The summed E-state index contributed by atoms with van der Waals surface area (Å²) in [5.41, 5.74) is 1.10. The highest BCUT2D eigenvalue weighted by Gasteiger charge is 2.34. The third-order valence-electron chi connectivity index (χ3n) is 4.31. The van der Waals surface area contributed by atoms with Gasteiger partial charge in [0.05, 0.1) is 17.6 Å². The van der Waals surface area contributed by atoms with E-state index in [1.165, 1.54) is 0 Å². The Morgan fingerprint density at radius 1 is 1.19 bits per heavy atom. The van der Waals surface area contributed by atoms with Gasteiger partial charge in [-0.3, -0.25) is 19.3 Å². The number of carbonyl (C=O) groups is 3. The maximum absolute atomic E-state index is 12.5. The molecule has 1 saturated heterocycles. The van der Waals surface area contributed by atoms with Crippen molar-refractivity contribution in [3.8, 4) is 17.6 Å². The standard InChI is InChI=1S/C22H19N3O5S/c1-29-17-8-6-15(7-9-17)12-19-21(27)25(22(28)31-19)11-10-24-20(26)14-30-18-5-3-2-4-16(18)13-23/h2-9,12H,10-11,14H2,1H3,(H,24,26)/b19-12+. The van der Waals surface area contributed by atoms with Gasteiger partial charge in [-0.25, -0.2) is 0 Å². The van der Waals surface area contributed by atoms with Crippen LogP contribution in [0.5, 0.6) is 11.5 Å². The second-order valence-corrected chi connectivity index (χ2v) is 7.35. The van der Waals surface area contributed by atoms with E-state index in [2.05, 4.69) is 5.32 Å². The van der Waals surface area contributed by atoms with E-state index in [0.717, 1.165) is 22.2 Å². The zero-order valence-electron chi connectivity index (χ0n) is 16.7. The predicted octanol–water partition coefficient (Wildman–Crippen LogP) is 2.80. The topological polar surface area (TPSA) is 109 Å². The normalized spacial score (nSPS) is 14.5. The number of nitrogens with zero attached hydrogens (tertiary/aromatic N) is 2. The highest BCUT2D eigenvalue weighted by molar-refractivity contribution is 8.18. The zero-order valence-corrected chi connectivity index (χ0v) is 17.5. The van der Waals surface area contributed by atoms with Gasteiger partial charge < -0.3 is 14.8 Å². The number of rotatable bonds is 8. The molecule has 0 spiro atoms. The molecule has 1 fully saturated rings. The largest absolute Gasteiger partial charge is 0.497 e. The number of hydrogen-bond donors (Lipinski definition) is 1. The Morgan fingerprint density at radius 3 is 2.65 bits per heavy atom. The summed E-state index contributed by atoms with van der Waals surface area (Å²) in [4.78, 5) is 38.1. The first-order valence-corrected chi connectivity index (χ1v) is 10.1. The fraction of sp³-hybridized carbons (Fsp3) is 0.182. The van der Waals surface area contributed by atoms with Gasteiger partial charge in [0.1, 0.15) is 17.6 Å². The predicted molar refractivity (Wildman–Crippen MR) is 115 cm³/mol. The fourth-order valence-electron chi connectivity index (χ4n) is 2.73. The van der Waals surface area contributed by atoms with Crippen LogP contribution in [0.3, 0.4) is 0 Å². The van der Waals surface area contributed by atoms with Crippen LogP contribution in [0.4, 0.5) is 4.79 Å². The smallest absolute Gasteiger partial charge is 0.293 e. The summed E-state index contributed by atoms with van der Waals surface area (Å²) >= 11 is 0.856. The van der Waals surface area contributed by atoms with Crippen molar-refractivity contribution in [3.63, 3.8) is 0 Å². The van der Waals surface area contributed by atoms with Crippen LogP contribution in [-0.2, 0) is 9.59 Å². The Hall–Kier alpha value is -3.77. The lowest BCUT2D eigenvalue weighted by atomic mass is 10.2. The van der Waals surface area contributed by atoms with Crippen LogP contribution in [0.2, 0.25) is 0 Å². The first kappa shape index (κ1) is 21.9. The molecule has 2 aromatic carbocycles. The van der Waals surface area contributed by atoms with Gasteiger partial charge in [0.2, 0.25) is 0 Å². The number of para-hydroxylation sites is 1. The number of carbonyl (C=O) groups excluding carboxylic acids is 3. The maximum Gasteiger partial charge on any atom is 0.293 e. The molecule has 0 bridgehead atoms. The fourth-order valence-corrected chi connectivity index (χ4v) is 3.60. The van der Waals surface area contributed by atoms with E-state index in [0.29, 0.717) is 22.0 Å². The van der Waals surface area contributed by atoms with E-state index in [1.54, 1.807) is 61.7 Å². The van der Waals surface area contributed by atoms with Crippen LogP contribution < -0.4 is 14.8 Å². The van der Waals surface area contributed by atoms with Gasteiger partial charge in [-0.15, -0.1) is 0 Å². The molecule has 1 aliphatic rings. The second kappa shape index (κ2) is 10.3. The average Bonchev–Trinajstić information content (AvgIpc) is 3.05. The molecule has 2 aromatic rings. The van der Waals surface area contributed by atoms with Crippen LogP contribution in [0.25, 0.3) is 6.08 Å². The van der Waals surface area contributed by atoms with Crippen LogP contribution in [0.1, 0.15) is 11.1 Å². The molecule has 0 radical (unpaired) electrons. The van der Waals surface area contributed by atoms with Gasteiger partial charge in [0.15, 0.2) is 6.61 Å². The molecular formula is C22H19N3O5S. The van der Waals surface area contributed by atoms with Crippen molar-refractivity contribution in [1.82, 2.24) is 10.2 Å². The molecule has 0 aromatic heterocycles. The minimum atomic E-state index is -0.423. The molecule has 9 heteroatoms. The molecule has 3 amide bonds. The summed E-state index contributed by atoms with van der Waals surface area (Å²) in [5, 5.41) is 11.2. The molecule has 8 nitrogen and oxygen atoms in total. The number of nitrogens with one attached hydrogen (secondary N) is 1. The number of benzene rings is 2. The SMILES string of the molecule is COc1ccc(/C=C2/SC(=O)N(CCNC(=O)COc3ccccc3C#N)C2=O)cc1. The van der Waals surface area contributed by atoms with Gasteiger partial charge in [-0.2, -0.15) is 5.26 Å². The van der Waals surface area contributed by atoms with Crippen LogP contribution >= 0.6 is 11.8 Å².